The molecule has 11 nitrogen and oxygen atoms in total. The maximum Gasteiger partial charge on any atom is 0.350 e. The second kappa shape index (κ2) is 9.67. The van der Waals surface area contributed by atoms with Gasteiger partial charge in [0.25, 0.3) is 0 Å². The Labute approximate surface area is 192 Å². The maximum atomic E-state index is 12.3. The van der Waals surface area contributed by atoms with E-state index in [2.05, 4.69) is 30.0 Å². The van der Waals surface area contributed by atoms with Crippen LogP contribution in [0.25, 0.3) is 11.4 Å². The molecule has 0 spiro atoms. The molecular weight excluding hydrogens is 476 g/mol. The molecule has 0 saturated heterocycles. The molecule has 2 aromatic heterocycles. The first-order valence-corrected chi connectivity index (χ1v) is 12.7. The Kier molecular flexibility index (Phi) is 7.16. The van der Waals surface area contributed by atoms with E-state index in [9.17, 15) is 18.0 Å². The van der Waals surface area contributed by atoms with Gasteiger partial charge in [-0.1, -0.05) is 23.1 Å². The lowest BCUT2D eigenvalue weighted by molar-refractivity contribution is -0.113. The lowest BCUT2D eigenvalue weighted by atomic mass is 10.2. The number of benzene rings is 1. The Morgan fingerprint density at radius 1 is 1.22 bits per heavy atom. The van der Waals surface area contributed by atoms with Gasteiger partial charge in [0.05, 0.1) is 24.8 Å². The zero-order chi connectivity index (χ0) is 23.5. The number of hydrogen-bond donors (Lipinski definition) is 2. The molecule has 0 radical (unpaired) electrons. The summed E-state index contributed by atoms with van der Waals surface area (Å²) in [4.78, 5) is 28.5. The normalized spacial score (nSPS) is 11.2. The molecule has 1 amide bonds. The minimum atomic E-state index is -3.35. The van der Waals surface area contributed by atoms with Crippen LogP contribution in [0.1, 0.15) is 15.4 Å². The van der Waals surface area contributed by atoms with Crippen molar-refractivity contribution in [3.05, 3.63) is 34.8 Å². The van der Waals surface area contributed by atoms with Crippen molar-refractivity contribution >= 4 is 55.8 Å². The SMILES string of the molecule is COC(=O)c1sc(NC(=O)CSc2nnc(-c3ccc(NS(C)(=O)=O)cc3)n2C)nc1C. The molecule has 14 heteroatoms. The first kappa shape index (κ1) is 23.7. The second-order valence-electron chi connectivity index (χ2n) is 6.58. The van der Waals surface area contributed by atoms with Crippen molar-refractivity contribution < 1.29 is 22.7 Å². The average molecular weight is 497 g/mol. The number of aryl methyl sites for hydroxylation is 1. The van der Waals surface area contributed by atoms with Crippen molar-refractivity contribution in [3.8, 4) is 11.4 Å². The molecule has 0 aliphatic heterocycles. The molecule has 1 aromatic carbocycles. The minimum absolute atomic E-state index is 0.0649. The number of rotatable bonds is 8. The van der Waals surface area contributed by atoms with Gasteiger partial charge in [-0.25, -0.2) is 18.2 Å². The number of carbonyl (C=O) groups excluding carboxylic acids is 2. The Hall–Kier alpha value is -2.97. The Morgan fingerprint density at radius 3 is 2.53 bits per heavy atom. The standard InChI is InChI=1S/C18H20N6O5S3/c1-10-14(16(26)29-3)31-17(19-10)20-13(25)9-30-18-22-21-15(24(18)2)11-5-7-12(8-6-11)23-32(4,27)28/h5-8,23H,9H2,1-4H3,(H,19,20,25). The zero-order valence-electron chi connectivity index (χ0n) is 17.6. The predicted octanol–water partition coefficient (Wildman–Crippen LogP) is 2.14. The smallest absolute Gasteiger partial charge is 0.350 e. The minimum Gasteiger partial charge on any atom is -0.465 e. The first-order chi connectivity index (χ1) is 15.1. The summed E-state index contributed by atoms with van der Waals surface area (Å²) in [6.45, 7) is 1.66. The van der Waals surface area contributed by atoms with Gasteiger partial charge < -0.3 is 14.6 Å². The van der Waals surface area contributed by atoms with E-state index in [4.69, 9.17) is 0 Å². The summed E-state index contributed by atoms with van der Waals surface area (Å²) >= 11 is 2.24. The molecule has 3 rings (SSSR count). The first-order valence-electron chi connectivity index (χ1n) is 9.03. The third-order valence-electron chi connectivity index (χ3n) is 4.03. The van der Waals surface area contributed by atoms with Crippen LogP contribution in [0.5, 0.6) is 0 Å². The van der Waals surface area contributed by atoms with E-state index in [0.29, 0.717) is 32.4 Å². The fourth-order valence-corrected chi connectivity index (χ4v) is 4.79. The molecule has 170 valence electrons. The van der Waals surface area contributed by atoms with Crippen LogP contribution in [0.4, 0.5) is 10.8 Å². The molecular formula is C18H20N6O5S3. The molecule has 0 aliphatic carbocycles. The molecule has 0 aliphatic rings. The van der Waals surface area contributed by atoms with Gasteiger partial charge in [-0.05, 0) is 31.2 Å². The number of thioether (sulfide) groups is 1. The third kappa shape index (κ3) is 5.83. The summed E-state index contributed by atoms with van der Waals surface area (Å²) in [7, 11) is -0.302. The number of esters is 1. The van der Waals surface area contributed by atoms with Crippen LogP contribution in [-0.4, -0.2) is 59.2 Å². The van der Waals surface area contributed by atoms with Gasteiger partial charge in [0.15, 0.2) is 16.1 Å². The number of thiazole rings is 1. The van der Waals surface area contributed by atoms with Crippen molar-refractivity contribution in [2.24, 2.45) is 7.05 Å². The van der Waals surface area contributed by atoms with Gasteiger partial charge in [-0.3, -0.25) is 9.52 Å². The number of aromatic nitrogens is 4. The molecule has 2 heterocycles. The molecule has 32 heavy (non-hydrogen) atoms. The lowest BCUT2D eigenvalue weighted by Crippen LogP contribution is -2.14. The van der Waals surface area contributed by atoms with E-state index >= 15 is 0 Å². The predicted molar refractivity (Wildman–Crippen MR) is 122 cm³/mol. The van der Waals surface area contributed by atoms with E-state index in [1.54, 1.807) is 42.8 Å². The van der Waals surface area contributed by atoms with Crippen LogP contribution >= 0.6 is 23.1 Å². The summed E-state index contributed by atoms with van der Waals surface area (Å²) in [5.41, 5.74) is 1.67. The molecule has 0 atom stereocenters. The van der Waals surface area contributed by atoms with Gasteiger partial charge in [0.2, 0.25) is 15.9 Å². The Morgan fingerprint density at radius 2 is 1.91 bits per heavy atom. The van der Waals surface area contributed by atoms with Crippen LogP contribution in [0.15, 0.2) is 29.4 Å². The highest BCUT2D eigenvalue weighted by Crippen LogP contribution is 2.26. The van der Waals surface area contributed by atoms with Crippen molar-refractivity contribution in [1.82, 2.24) is 19.7 Å². The zero-order valence-corrected chi connectivity index (χ0v) is 20.0. The number of anilines is 2. The molecule has 0 saturated carbocycles. The average Bonchev–Trinajstić information content (AvgIpc) is 3.27. The molecule has 3 aromatic rings. The van der Waals surface area contributed by atoms with E-state index in [1.165, 1.54) is 18.9 Å². The van der Waals surface area contributed by atoms with Gasteiger partial charge >= 0.3 is 5.97 Å². The number of nitrogens with one attached hydrogen (secondary N) is 2. The van der Waals surface area contributed by atoms with Crippen LogP contribution < -0.4 is 10.0 Å². The van der Waals surface area contributed by atoms with Crippen LogP contribution in [-0.2, 0) is 26.6 Å². The van der Waals surface area contributed by atoms with Crippen LogP contribution in [0, 0.1) is 6.92 Å². The van der Waals surface area contributed by atoms with Crippen molar-refractivity contribution in [3.63, 3.8) is 0 Å². The number of nitrogens with zero attached hydrogens (tertiary/aromatic N) is 4. The number of sulfonamides is 1. The Balaban J connectivity index is 1.62. The van der Waals surface area contributed by atoms with Crippen molar-refractivity contribution in [1.29, 1.82) is 0 Å². The Bertz CT molecular complexity index is 1250. The quantitative estimate of drug-likeness (QED) is 0.354. The molecule has 0 unspecified atom stereocenters. The van der Waals surface area contributed by atoms with Crippen LogP contribution in [0.3, 0.4) is 0 Å². The fourth-order valence-electron chi connectivity index (χ4n) is 2.61. The molecule has 0 bridgehead atoms. The summed E-state index contributed by atoms with van der Waals surface area (Å²) in [5, 5.41) is 11.8. The highest BCUT2D eigenvalue weighted by molar-refractivity contribution is 7.99. The van der Waals surface area contributed by atoms with Crippen LogP contribution in [0.2, 0.25) is 0 Å². The van der Waals surface area contributed by atoms with Gasteiger partial charge in [-0.15, -0.1) is 10.2 Å². The van der Waals surface area contributed by atoms with E-state index in [0.717, 1.165) is 23.2 Å². The molecule has 2 N–H and O–H groups in total. The lowest BCUT2D eigenvalue weighted by Gasteiger charge is -2.06. The number of hydrogen-bond acceptors (Lipinski definition) is 10. The van der Waals surface area contributed by atoms with Gasteiger partial charge in [0, 0.05) is 18.3 Å². The van der Waals surface area contributed by atoms with E-state index in [-0.39, 0.29) is 11.7 Å². The fraction of sp³-hybridized carbons (Fsp3) is 0.278. The summed E-state index contributed by atoms with van der Waals surface area (Å²) < 4.78 is 31.5. The van der Waals surface area contributed by atoms with Crippen molar-refractivity contribution in [2.75, 3.05) is 29.2 Å². The second-order valence-corrected chi connectivity index (χ2v) is 10.3. The summed E-state index contributed by atoms with van der Waals surface area (Å²) in [6.07, 6.45) is 1.08. The number of ether oxygens (including phenoxy) is 1. The highest BCUT2D eigenvalue weighted by Gasteiger charge is 2.18. The van der Waals surface area contributed by atoms with E-state index < -0.39 is 16.0 Å². The number of carbonyl (C=O) groups is 2. The topological polar surface area (TPSA) is 145 Å². The highest BCUT2D eigenvalue weighted by atomic mass is 32.2. The number of methoxy groups -OCH3 is 1. The number of amides is 1. The monoisotopic (exact) mass is 496 g/mol. The molecule has 0 fully saturated rings. The van der Waals surface area contributed by atoms with Crippen molar-refractivity contribution in [2.45, 2.75) is 12.1 Å². The van der Waals surface area contributed by atoms with Gasteiger partial charge in [-0.2, -0.15) is 0 Å². The largest absolute Gasteiger partial charge is 0.465 e. The third-order valence-corrected chi connectivity index (χ3v) is 6.71. The summed E-state index contributed by atoms with van der Waals surface area (Å²) in [6, 6.07) is 6.71. The summed E-state index contributed by atoms with van der Waals surface area (Å²) in [5.74, 6) is -0.172. The maximum absolute atomic E-state index is 12.3. The van der Waals surface area contributed by atoms with Gasteiger partial charge in [0.1, 0.15) is 4.88 Å². The van der Waals surface area contributed by atoms with E-state index in [1.807, 2.05) is 0 Å².